The Hall–Kier alpha value is -4.19. The third-order valence-corrected chi connectivity index (χ3v) is 5.46. The summed E-state index contributed by atoms with van der Waals surface area (Å²) in [4.78, 5) is 32.4. The lowest BCUT2D eigenvalue weighted by molar-refractivity contribution is 0.0933. The fourth-order valence-corrected chi connectivity index (χ4v) is 3.75. The summed E-state index contributed by atoms with van der Waals surface area (Å²) in [6.45, 7) is 4.32. The predicted octanol–water partition coefficient (Wildman–Crippen LogP) is 5.50. The monoisotopic (exact) mass is 439 g/mol. The van der Waals surface area contributed by atoms with Crippen LogP contribution in [-0.2, 0) is 0 Å². The van der Waals surface area contributed by atoms with Gasteiger partial charge in [0.25, 0.3) is 11.8 Å². The minimum absolute atomic E-state index is 0.140. The van der Waals surface area contributed by atoms with Crippen molar-refractivity contribution in [3.05, 3.63) is 108 Å². The number of anilines is 1. The topological polar surface area (TPSA) is 75.4 Å². The van der Waals surface area contributed by atoms with Crippen LogP contribution in [0.25, 0.3) is 11.3 Å². The average molecular weight is 440 g/mol. The predicted molar refractivity (Wildman–Crippen MR) is 128 cm³/mol. The van der Waals surface area contributed by atoms with Crippen molar-refractivity contribution in [1.82, 2.24) is 10.3 Å². The van der Waals surface area contributed by atoms with Crippen LogP contribution in [0.4, 0.5) is 5.69 Å². The van der Waals surface area contributed by atoms with Crippen molar-refractivity contribution in [2.45, 2.75) is 19.9 Å². The van der Waals surface area contributed by atoms with Gasteiger partial charge in [0.15, 0.2) is 17.8 Å². The SMILES string of the molecule is CCN(C(=O)c1ccccc1-c1ocnc1C(=O)N[C@H](C)c1ccccc1)c1ccccc1. The first-order valence-electron chi connectivity index (χ1n) is 10.9. The molecule has 0 aliphatic carbocycles. The fourth-order valence-electron chi connectivity index (χ4n) is 3.75. The first-order chi connectivity index (χ1) is 16.1. The quantitative estimate of drug-likeness (QED) is 0.413. The fraction of sp³-hybridized carbons (Fsp3) is 0.148. The molecule has 0 aliphatic rings. The van der Waals surface area contributed by atoms with Crippen molar-refractivity contribution in [3.63, 3.8) is 0 Å². The molecule has 33 heavy (non-hydrogen) atoms. The van der Waals surface area contributed by atoms with E-state index in [1.54, 1.807) is 23.1 Å². The number of aromatic nitrogens is 1. The molecule has 1 atom stereocenters. The number of carbonyl (C=O) groups is 2. The van der Waals surface area contributed by atoms with E-state index in [1.807, 2.05) is 80.6 Å². The number of nitrogens with zero attached hydrogens (tertiary/aromatic N) is 2. The van der Waals surface area contributed by atoms with Gasteiger partial charge in [0.1, 0.15) is 0 Å². The van der Waals surface area contributed by atoms with E-state index >= 15 is 0 Å². The summed E-state index contributed by atoms with van der Waals surface area (Å²) in [6, 6.07) is 26.0. The summed E-state index contributed by atoms with van der Waals surface area (Å²) in [6.07, 6.45) is 1.23. The van der Waals surface area contributed by atoms with Crippen LogP contribution in [-0.4, -0.2) is 23.3 Å². The highest BCUT2D eigenvalue weighted by Crippen LogP contribution is 2.29. The summed E-state index contributed by atoms with van der Waals surface area (Å²) in [7, 11) is 0. The standard InChI is InChI=1S/C27H25N3O3/c1-3-30(21-14-8-5-9-15-21)27(32)23-17-11-10-16-22(23)25-24(28-18-33-25)26(31)29-19(2)20-12-6-4-7-13-20/h4-19H,3H2,1-2H3,(H,29,31)/t19-/m1/s1. The molecule has 1 heterocycles. The number of benzene rings is 3. The molecule has 0 radical (unpaired) electrons. The number of rotatable bonds is 7. The Morgan fingerprint density at radius 2 is 1.58 bits per heavy atom. The zero-order chi connectivity index (χ0) is 23.2. The van der Waals surface area contributed by atoms with E-state index in [9.17, 15) is 9.59 Å². The molecule has 0 aliphatic heterocycles. The zero-order valence-corrected chi connectivity index (χ0v) is 18.6. The van der Waals surface area contributed by atoms with E-state index < -0.39 is 0 Å². The Morgan fingerprint density at radius 3 is 2.27 bits per heavy atom. The van der Waals surface area contributed by atoms with Crippen molar-refractivity contribution in [1.29, 1.82) is 0 Å². The summed E-state index contributed by atoms with van der Waals surface area (Å²) in [5.74, 6) is -0.284. The molecule has 0 unspecified atom stereocenters. The Bertz CT molecular complexity index is 1240. The van der Waals surface area contributed by atoms with Crippen LogP contribution in [0.1, 0.15) is 46.3 Å². The molecule has 2 amide bonds. The van der Waals surface area contributed by atoms with Crippen molar-refractivity contribution in [2.75, 3.05) is 11.4 Å². The highest BCUT2D eigenvalue weighted by atomic mass is 16.3. The maximum Gasteiger partial charge on any atom is 0.274 e. The molecule has 0 saturated carbocycles. The lowest BCUT2D eigenvalue weighted by atomic mass is 10.0. The van der Waals surface area contributed by atoms with Crippen LogP contribution in [0.3, 0.4) is 0 Å². The van der Waals surface area contributed by atoms with E-state index in [0.717, 1.165) is 11.3 Å². The van der Waals surface area contributed by atoms with Gasteiger partial charge in [0, 0.05) is 17.8 Å². The molecule has 0 spiro atoms. The molecule has 1 aromatic heterocycles. The van der Waals surface area contributed by atoms with E-state index in [1.165, 1.54) is 6.39 Å². The second-order valence-electron chi connectivity index (χ2n) is 7.57. The van der Waals surface area contributed by atoms with Gasteiger partial charge >= 0.3 is 0 Å². The largest absolute Gasteiger partial charge is 0.443 e. The summed E-state index contributed by atoms with van der Waals surface area (Å²) in [5, 5.41) is 2.96. The van der Waals surface area contributed by atoms with Crippen LogP contribution in [0.5, 0.6) is 0 Å². The zero-order valence-electron chi connectivity index (χ0n) is 18.6. The molecule has 3 aromatic carbocycles. The van der Waals surface area contributed by atoms with E-state index in [2.05, 4.69) is 10.3 Å². The number of para-hydroxylation sites is 1. The number of carbonyl (C=O) groups excluding carboxylic acids is 2. The van der Waals surface area contributed by atoms with Gasteiger partial charge in [-0.1, -0.05) is 66.7 Å². The van der Waals surface area contributed by atoms with Crippen molar-refractivity contribution in [2.24, 2.45) is 0 Å². The number of amides is 2. The third kappa shape index (κ3) is 4.70. The van der Waals surface area contributed by atoms with Gasteiger partial charge in [-0.25, -0.2) is 4.98 Å². The lowest BCUT2D eigenvalue weighted by Crippen LogP contribution is -2.31. The van der Waals surface area contributed by atoms with E-state index in [-0.39, 0.29) is 29.3 Å². The molecule has 166 valence electrons. The Morgan fingerprint density at radius 1 is 0.939 bits per heavy atom. The van der Waals surface area contributed by atoms with Crippen LogP contribution in [0.2, 0.25) is 0 Å². The normalized spacial score (nSPS) is 11.6. The van der Waals surface area contributed by atoms with Crippen molar-refractivity contribution < 1.29 is 14.0 Å². The Balaban J connectivity index is 1.65. The minimum Gasteiger partial charge on any atom is -0.443 e. The summed E-state index contributed by atoms with van der Waals surface area (Å²) >= 11 is 0. The number of hydrogen-bond donors (Lipinski definition) is 1. The summed E-state index contributed by atoms with van der Waals surface area (Å²) in [5.41, 5.74) is 2.87. The van der Waals surface area contributed by atoms with Gasteiger partial charge in [-0.15, -0.1) is 0 Å². The Kier molecular flexibility index (Phi) is 6.64. The van der Waals surface area contributed by atoms with Gasteiger partial charge < -0.3 is 14.6 Å². The maximum atomic E-state index is 13.5. The molecule has 0 bridgehead atoms. The van der Waals surface area contributed by atoms with Crippen molar-refractivity contribution in [3.8, 4) is 11.3 Å². The molecular weight excluding hydrogens is 414 g/mol. The highest BCUT2D eigenvalue weighted by molar-refractivity contribution is 6.11. The summed E-state index contributed by atoms with van der Waals surface area (Å²) < 4.78 is 5.63. The van der Waals surface area contributed by atoms with Gasteiger partial charge in [-0.05, 0) is 37.6 Å². The van der Waals surface area contributed by atoms with E-state index in [4.69, 9.17) is 4.42 Å². The molecular formula is C27H25N3O3. The van der Waals surface area contributed by atoms with Gasteiger partial charge in [-0.2, -0.15) is 0 Å². The number of oxazole rings is 1. The molecule has 6 heteroatoms. The lowest BCUT2D eigenvalue weighted by Gasteiger charge is -2.22. The number of hydrogen-bond acceptors (Lipinski definition) is 4. The molecule has 4 rings (SSSR count). The molecule has 4 aromatic rings. The van der Waals surface area contributed by atoms with Crippen LogP contribution in [0.15, 0.2) is 95.7 Å². The second-order valence-corrected chi connectivity index (χ2v) is 7.57. The molecule has 0 fully saturated rings. The highest BCUT2D eigenvalue weighted by Gasteiger charge is 2.26. The van der Waals surface area contributed by atoms with Crippen LogP contribution < -0.4 is 10.2 Å². The van der Waals surface area contributed by atoms with Crippen molar-refractivity contribution >= 4 is 17.5 Å². The third-order valence-electron chi connectivity index (χ3n) is 5.46. The minimum atomic E-state index is -0.368. The van der Waals surface area contributed by atoms with Crippen LogP contribution >= 0.6 is 0 Å². The first-order valence-corrected chi connectivity index (χ1v) is 10.9. The van der Waals surface area contributed by atoms with E-state index in [0.29, 0.717) is 17.7 Å². The molecule has 0 saturated heterocycles. The first kappa shape index (κ1) is 22.0. The molecule has 6 nitrogen and oxygen atoms in total. The van der Waals surface area contributed by atoms with Gasteiger partial charge in [0.2, 0.25) is 0 Å². The van der Waals surface area contributed by atoms with Gasteiger partial charge in [-0.3, -0.25) is 9.59 Å². The average Bonchev–Trinajstić information content (AvgIpc) is 3.36. The van der Waals surface area contributed by atoms with Gasteiger partial charge in [0.05, 0.1) is 11.6 Å². The second kappa shape index (κ2) is 9.96. The maximum absolute atomic E-state index is 13.5. The number of nitrogens with one attached hydrogen (secondary N) is 1. The van der Waals surface area contributed by atoms with Crippen LogP contribution in [0, 0.1) is 0 Å². The molecule has 1 N–H and O–H groups in total. The smallest absolute Gasteiger partial charge is 0.274 e. The Labute approximate surface area is 192 Å².